The molecular formula is C16H22N2O2. The van der Waals surface area contributed by atoms with Crippen LogP contribution in [0.4, 0.5) is 0 Å². The van der Waals surface area contributed by atoms with E-state index >= 15 is 0 Å². The monoisotopic (exact) mass is 274 g/mol. The normalized spacial score (nSPS) is 22.1. The Morgan fingerprint density at radius 1 is 1.35 bits per heavy atom. The number of fused-ring (bicyclic) bond motifs is 1. The van der Waals surface area contributed by atoms with Crippen LogP contribution in [0, 0.1) is 0 Å². The van der Waals surface area contributed by atoms with Crippen molar-refractivity contribution >= 4 is 5.91 Å². The highest BCUT2D eigenvalue weighted by Crippen LogP contribution is 2.29. The smallest absolute Gasteiger partial charge is 0.264 e. The number of hydrogen-bond acceptors (Lipinski definition) is 3. The average Bonchev–Trinajstić information content (AvgIpc) is 2.93. The molecule has 1 saturated heterocycles. The summed E-state index contributed by atoms with van der Waals surface area (Å²) in [6.07, 6.45) is 2.46. The van der Waals surface area contributed by atoms with E-state index in [-0.39, 0.29) is 12.0 Å². The Morgan fingerprint density at radius 2 is 2.10 bits per heavy atom. The van der Waals surface area contributed by atoms with Crippen LogP contribution in [-0.2, 0) is 11.2 Å². The van der Waals surface area contributed by atoms with Crippen LogP contribution in [0.2, 0.25) is 0 Å². The number of amides is 1. The fourth-order valence-corrected chi connectivity index (χ4v) is 3.22. The summed E-state index contributed by atoms with van der Waals surface area (Å²) in [7, 11) is 0. The maximum Gasteiger partial charge on any atom is 0.264 e. The predicted molar refractivity (Wildman–Crippen MR) is 77.8 cm³/mol. The van der Waals surface area contributed by atoms with Crippen molar-refractivity contribution in [3.8, 4) is 5.75 Å². The van der Waals surface area contributed by atoms with Crippen molar-refractivity contribution in [1.29, 1.82) is 0 Å². The number of piperidine rings is 1. The standard InChI is InChI=1S/C16H22N2O2/c1-2-18(13-7-9-17-10-8-13)16(19)15-11-12-5-3-4-6-14(12)20-15/h3-6,13,15,17H,2,7-11H2,1H3. The van der Waals surface area contributed by atoms with Gasteiger partial charge in [-0.1, -0.05) is 18.2 Å². The van der Waals surface area contributed by atoms with E-state index in [1.165, 1.54) is 0 Å². The summed E-state index contributed by atoms with van der Waals surface area (Å²) in [4.78, 5) is 14.7. The molecule has 2 heterocycles. The van der Waals surface area contributed by atoms with Gasteiger partial charge in [-0.2, -0.15) is 0 Å². The number of benzene rings is 1. The van der Waals surface area contributed by atoms with Crippen LogP contribution in [0.1, 0.15) is 25.3 Å². The lowest BCUT2D eigenvalue weighted by molar-refractivity contribution is -0.140. The molecule has 0 radical (unpaired) electrons. The molecule has 1 unspecified atom stereocenters. The zero-order chi connectivity index (χ0) is 13.9. The molecule has 3 rings (SSSR count). The summed E-state index contributed by atoms with van der Waals surface area (Å²) in [5.41, 5.74) is 1.15. The van der Waals surface area contributed by atoms with Crippen molar-refractivity contribution in [3.05, 3.63) is 29.8 Å². The third-order valence-electron chi connectivity index (χ3n) is 4.30. The van der Waals surface area contributed by atoms with Crippen LogP contribution in [0.5, 0.6) is 5.75 Å². The van der Waals surface area contributed by atoms with Crippen molar-refractivity contribution in [2.75, 3.05) is 19.6 Å². The van der Waals surface area contributed by atoms with Gasteiger partial charge in [0.15, 0.2) is 6.10 Å². The van der Waals surface area contributed by atoms with Gasteiger partial charge in [-0.15, -0.1) is 0 Å². The third kappa shape index (κ3) is 2.52. The van der Waals surface area contributed by atoms with Crippen LogP contribution < -0.4 is 10.1 Å². The first-order chi connectivity index (χ1) is 9.79. The van der Waals surface area contributed by atoms with Gasteiger partial charge in [-0.05, 0) is 44.5 Å². The van der Waals surface area contributed by atoms with Crippen LogP contribution in [0.15, 0.2) is 24.3 Å². The average molecular weight is 274 g/mol. The Bertz CT molecular complexity index is 458. The predicted octanol–water partition coefficient (Wildman–Crippen LogP) is 1.59. The molecule has 2 aliphatic rings. The van der Waals surface area contributed by atoms with E-state index in [0.29, 0.717) is 12.5 Å². The first kappa shape index (κ1) is 13.4. The molecular weight excluding hydrogens is 252 g/mol. The second kappa shape index (κ2) is 5.83. The van der Waals surface area contributed by atoms with Crippen LogP contribution in [0.3, 0.4) is 0 Å². The lowest BCUT2D eigenvalue weighted by atomic mass is 10.0. The zero-order valence-electron chi connectivity index (χ0n) is 12.0. The number of rotatable bonds is 3. The number of carbonyl (C=O) groups is 1. The highest BCUT2D eigenvalue weighted by Gasteiger charge is 2.34. The van der Waals surface area contributed by atoms with Crippen LogP contribution >= 0.6 is 0 Å². The molecule has 0 aliphatic carbocycles. The fraction of sp³-hybridized carbons (Fsp3) is 0.562. The molecule has 0 aromatic heterocycles. The molecule has 1 amide bonds. The Kier molecular flexibility index (Phi) is 3.92. The van der Waals surface area contributed by atoms with E-state index in [4.69, 9.17) is 4.74 Å². The van der Waals surface area contributed by atoms with Gasteiger partial charge >= 0.3 is 0 Å². The van der Waals surface area contributed by atoms with Gasteiger partial charge in [0, 0.05) is 19.0 Å². The van der Waals surface area contributed by atoms with Gasteiger partial charge in [0.2, 0.25) is 0 Å². The van der Waals surface area contributed by atoms with Crippen molar-refractivity contribution in [2.45, 2.75) is 38.3 Å². The molecule has 108 valence electrons. The molecule has 1 atom stereocenters. The van der Waals surface area contributed by atoms with Gasteiger partial charge in [0.05, 0.1) is 0 Å². The number of para-hydroxylation sites is 1. The number of likely N-dealkylation sites (N-methyl/N-ethyl adjacent to an activating group) is 1. The second-order valence-corrected chi connectivity index (χ2v) is 5.52. The van der Waals surface area contributed by atoms with Crippen LogP contribution in [0.25, 0.3) is 0 Å². The SMILES string of the molecule is CCN(C(=O)C1Cc2ccccc2O1)C1CCNCC1. The highest BCUT2D eigenvalue weighted by atomic mass is 16.5. The minimum absolute atomic E-state index is 0.149. The number of hydrogen-bond donors (Lipinski definition) is 1. The maximum absolute atomic E-state index is 12.7. The molecule has 2 aliphatic heterocycles. The molecule has 4 heteroatoms. The number of nitrogens with one attached hydrogen (secondary N) is 1. The molecule has 1 aromatic rings. The van der Waals surface area contributed by atoms with E-state index in [2.05, 4.69) is 12.2 Å². The summed E-state index contributed by atoms with van der Waals surface area (Å²) in [6, 6.07) is 8.31. The van der Waals surface area contributed by atoms with Gasteiger partial charge < -0.3 is 15.0 Å². The molecule has 1 fully saturated rings. The van der Waals surface area contributed by atoms with E-state index in [1.54, 1.807) is 0 Å². The van der Waals surface area contributed by atoms with E-state index < -0.39 is 0 Å². The summed E-state index contributed by atoms with van der Waals surface area (Å²) in [5.74, 6) is 1.02. The molecule has 0 bridgehead atoms. The van der Waals surface area contributed by atoms with E-state index in [9.17, 15) is 4.79 Å². The fourth-order valence-electron chi connectivity index (χ4n) is 3.22. The molecule has 4 nitrogen and oxygen atoms in total. The summed E-state index contributed by atoms with van der Waals surface area (Å²) >= 11 is 0. The van der Waals surface area contributed by atoms with Crippen molar-refractivity contribution in [3.63, 3.8) is 0 Å². The van der Waals surface area contributed by atoms with Crippen LogP contribution in [-0.4, -0.2) is 42.6 Å². The Hall–Kier alpha value is -1.55. The lowest BCUT2D eigenvalue weighted by Gasteiger charge is -2.35. The van der Waals surface area contributed by atoms with Gasteiger partial charge in [0.25, 0.3) is 5.91 Å². The summed E-state index contributed by atoms with van der Waals surface area (Å²) in [6.45, 7) is 4.82. The minimum Gasteiger partial charge on any atom is -0.480 e. The zero-order valence-corrected chi connectivity index (χ0v) is 12.0. The Labute approximate surface area is 120 Å². The summed E-state index contributed by atoms with van der Waals surface area (Å²) < 4.78 is 5.84. The van der Waals surface area contributed by atoms with E-state index in [0.717, 1.165) is 43.8 Å². The van der Waals surface area contributed by atoms with E-state index in [1.807, 2.05) is 29.2 Å². The lowest BCUT2D eigenvalue weighted by Crippen LogP contribution is -2.50. The second-order valence-electron chi connectivity index (χ2n) is 5.52. The van der Waals surface area contributed by atoms with Crippen molar-refractivity contribution in [1.82, 2.24) is 10.2 Å². The third-order valence-corrected chi connectivity index (χ3v) is 4.30. The largest absolute Gasteiger partial charge is 0.480 e. The van der Waals surface area contributed by atoms with Crippen molar-refractivity contribution in [2.24, 2.45) is 0 Å². The number of ether oxygens (including phenoxy) is 1. The number of carbonyl (C=O) groups excluding carboxylic acids is 1. The van der Waals surface area contributed by atoms with Crippen molar-refractivity contribution < 1.29 is 9.53 Å². The topological polar surface area (TPSA) is 41.6 Å². The number of nitrogens with zero attached hydrogens (tertiary/aromatic N) is 1. The summed E-state index contributed by atoms with van der Waals surface area (Å²) in [5, 5.41) is 3.35. The van der Waals surface area contributed by atoms with Gasteiger partial charge in [0.1, 0.15) is 5.75 Å². The molecule has 0 saturated carbocycles. The molecule has 1 aromatic carbocycles. The molecule has 0 spiro atoms. The first-order valence-corrected chi connectivity index (χ1v) is 7.55. The van der Waals surface area contributed by atoms with Gasteiger partial charge in [-0.25, -0.2) is 0 Å². The molecule has 20 heavy (non-hydrogen) atoms. The first-order valence-electron chi connectivity index (χ1n) is 7.55. The van der Waals surface area contributed by atoms with Gasteiger partial charge in [-0.3, -0.25) is 4.79 Å². The molecule has 1 N–H and O–H groups in total. The Balaban J connectivity index is 1.69. The maximum atomic E-state index is 12.7. The highest BCUT2D eigenvalue weighted by molar-refractivity contribution is 5.83. The quantitative estimate of drug-likeness (QED) is 0.910. The minimum atomic E-state index is -0.331. The Morgan fingerprint density at radius 3 is 2.80 bits per heavy atom.